The number of hydrogen-bond acceptors (Lipinski definition) is 0. The fraction of sp³-hybridized carbons (Fsp3) is 0.364. The summed E-state index contributed by atoms with van der Waals surface area (Å²) in [5, 5.41) is 4.46. The van der Waals surface area contributed by atoms with Crippen LogP contribution in [0.2, 0.25) is 0 Å². The van der Waals surface area contributed by atoms with Crippen molar-refractivity contribution in [3.8, 4) is 0 Å². The second-order valence-electron chi connectivity index (χ2n) is 6.90. The summed E-state index contributed by atoms with van der Waals surface area (Å²) in [5.41, 5.74) is 0.788. The number of allylic oxidation sites excluding steroid dienone is 4. The van der Waals surface area contributed by atoms with E-state index in [9.17, 15) is 0 Å². The van der Waals surface area contributed by atoms with E-state index in [1.54, 1.807) is 5.30 Å². The minimum Gasteiger partial charge on any atom is -1.00 e. The number of hydrogen-bond donors (Lipinski definition) is 0. The molecule has 4 rings (SSSR count). The maximum Gasteiger partial charge on any atom is 4.00 e. The summed E-state index contributed by atoms with van der Waals surface area (Å²) in [5.74, 6) is 1.43. The Hall–Kier alpha value is -0.686. The monoisotopic (exact) mass is 406 g/mol. The Kier molecular flexibility index (Phi) is 9.52. The molecule has 0 aromatic heterocycles. The maximum atomic E-state index is 2.67. The SMILES string of the molecule is CCCCP(c1cc2ccccc2[cH-]1)C1[CH-]C2C=CC=CC2C1.[F-].[F-].[Ti+4]. The molecule has 0 heterocycles. The van der Waals surface area contributed by atoms with Crippen molar-refractivity contribution in [3.05, 3.63) is 67.1 Å². The van der Waals surface area contributed by atoms with Crippen LogP contribution in [-0.4, -0.2) is 11.8 Å². The van der Waals surface area contributed by atoms with E-state index in [0.717, 1.165) is 11.6 Å². The Morgan fingerprint density at radius 3 is 2.62 bits per heavy atom. The van der Waals surface area contributed by atoms with Gasteiger partial charge < -0.3 is 15.8 Å². The molecule has 0 aliphatic heterocycles. The van der Waals surface area contributed by atoms with Crippen molar-refractivity contribution >= 4 is 24.0 Å². The molecule has 4 unspecified atom stereocenters. The van der Waals surface area contributed by atoms with Gasteiger partial charge in [-0.25, -0.2) is 0 Å². The van der Waals surface area contributed by atoms with E-state index < -0.39 is 0 Å². The van der Waals surface area contributed by atoms with E-state index in [2.05, 4.69) is 74.0 Å². The molecule has 1 saturated carbocycles. The number of halogens is 2. The number of rotatable bonds is 5. The van der Waals surface area contributed by atoms with Gasteiger partial charge in [0.1, 0.15) is 0 Å². The normalized spacial score (nSPS) is 24.3. The molecule has 0 bridgehead atoms. The molecule has 0 spiro atoms. The summed E-state index contributed by atoms with van der Waals surface area (Å²) in [6.07, 6.45) is 17.4. The maximum absolute atomic E-state index is 2.67. The van der Waals surface area contributed by atoms with E-state index in [1.807, 2.05) is 0 Å². The zero-order chi connectivity index (χ0) is 15.6. The smallest absolute Gasteiger partial charge is 1.00 e. The van der Waals surface area contributed by atoms with Crippen LogP contribution in [0.3, 0.4) is 0 Å². The third-order valence-corrected chi connectivity index (χ3v) is 8.25. The minimum atomic E-state index is -0.0698. The van der Waals surface area contributed by atoms with E-state index >= 15 is 0 Å². The molecule has 136 valence electrons. The first-order chi connectivity index (χ1) is 11.3. The molecule has 0 saturated heterocycles. The van der Waals surface area contributed by atoms with Crippen LogP contribution in [-0.2, 0) is 21.7 Å². The fourth-order valence-electron chi connectivity index (χ4n) is 4.07. The predicted molar refractivity (Wildman–Crippen MR) is 104 cm³/mol. The van der Waals surface area contributed by atoms with Crippen molar-refractivity contribution in [2.45, 2.75) is 31.8 Å². The van der Waals surface area contributed by atoms with Crippen molar-refractivity contribution in [1.82, 2.24) is 0 Å². The summed E-state index contributed by atoms with van der Waals surface area (Å²) in [6.45, 7) is 2.32. The van der Waals surface area contributed by atoms with Crippen LogP contribution in [0, 0.1) is 18.3 Å². The van der Waals surface area contributed by atoms with Gasteiger partial charge in [-0.2, -0.15) is 6.07 Å². The predicted octanol–water partition coefficient (Wildman–Crippen LogP) is -0.194. The van der Waals surface area contributed by atoms with Crippen LogP contribution in [0.5, 0.6) is 0 Å². The minimum absolute atomic E-state index is 0. The Morgan fingerprint density at radius 2 is 1.88 bits per heavy atom. The molecule has 0 N–H and O–H groups in total. The first kappa shape index (κ1) is 23.4. The van der Waals surface area contributed by atoms with Gasteiger partial charge in [0.15, 0.2) is 0 Å². The van der Waals surface area contributed by atoms with Gasteiger partial charge in [-0.3, -0.25) is 0 Å². The number of benzene rings is 1. The molecular weight excluding hydrogens is 381 g/mol. The summed E-state index contributed by atoms with van der Waals surface area (Å²) in [7, 11) is -0.0698. The largest absolute Gasteiger partial charge is 4.00 e. The van der Waals surface area contributed by atoms with Gasteiger partial charge in [0.2, 0.25) is 0 Å². The van der Waals surface area contributed by atoms with Crippen LogP contribution in [0.4, 0.5) is 0 Å². The van der Waals surface area contributed by atoms with E-state index in [-0.39, 0.29) is 39.0 Å². The van der Waals surface area contributed by atoms with Gasteiger partial charge in [0.05, 0.1) is 0 Å². The fourth-order valence-corrected chi connectivity index (χ4v) is 7.22. The molecule has 2 aliphatic carbocycles. The Bertz CT molecular complexity index is 684. The van der Waals surface area contributed by atoms with Crippen molar-refractivity contribution < 1.29 is 31.1 Å². The second kappa shape index (κ2) is 10.6. The zero-order valence-electron chi connectivity index (χ0n) is 15.1. The Balaban J connectivity index is 0.00000113. The zero-order valence-corrected chi connectivity index (χ0v) is 17.6. The van der Waals surface area contributed by atoms with E-state index in [0.29, 0.717) is 5.92 Å². The topological polar surface area (TPSA) is 0 Å². The summed E-state index contributed by atoms with van der Waals surface area (Å²) >= 11 is 0. The average Bonchev–Trinajstić information content (AvgIpc) is 3.19. The van der Waals surface area contributed by atoms with Gasteiger partial charge >= 0.3 is 21.7 Å². The molecule has 0 amide bonds. The number of unbranched alkanes of at least 4 members (excludes halogenated alkanes) is 1. The van der Waals surface area contributed by atoms with Crippen molar-refractivity contribution in [1.29, 1.82) is 0 Å². The van der Waals surface area contributed by atoms with Crippen LogP contribution >= 0.6 is 7.92 Å². The molecule has 4 heteroatoms. The third kappa shape index (κ3) is 4.77. The molecule has 0 nitrogen and oxygen atoms in total. The first-order valence-electron chi connectivity index (χ1n) is 8.97. The molecule has 4 atom stereocenters. The Labute approximate surface area is 171 Å². The first-order valence-corrected chi connectivity index (χ1v) is 10.6. The van der Waals surface area contributed by atoms with Gasteiger partial charge in [-0.05, 0) is 18.5 Å². The third-order valence-electron chi connectivity index (χ3n) is 5.34. The molecule has 2 aromatic carbocycles. The standard InChI is InChI=1S/C22H25P.2FH.Ti/c1-2-3-12-23(21-13-17-8-4-5-9-18(17)14-21)22-15-19-10-6-7-11-20(19)16-22;;;/h4-11,13-15,19-20,22H,2-3,12,16H2,1H3;2*1H;/q-2;;;+4/p-2. The quantitative estimate of drug-likeness (QED) is 0.367. The van der Waals surface area contributed by atoms with Gasteiger partial charge in [-0.1, -0.05) is 44.1 Å². The second-order valence-corrected chi connectivity index (χ2v) is 9.46. The molecule has 1 fully saturated rings. The van der Waals surface area contributed by atoms with Crippen LogP contribution in [0.25, 0.3) is 10.8 Å². The van der Waals surface area contributed by atoms with Crippen LogP contribution in [0.1, 0.15) is 26.2 Å². The average molecular weight is 406 g/mol. The van der Waals surface area contributed by atoms with Crippen molar-refractivity contribution in [2.75, 3.05) is 6.16 Å². The van der Waals surface area contributed by atoms with E-state index in [1.165, 1.54) is 36.2 Å². The number of fused-ring (bicyclic) bond motifs is 2. The molecular formula is C22H25F2PTi. The van der Waals surface area contributed by atoms with E-state index in [4.69, 9.17) is 0 Å². The van der Waals surface area contributed by atoms with Gasteiger partial charge in [0.25, 0.3) is 0 Å². The van der Waals surface area contributed by atoms with Crippen molar-refractivity contribution in [3.63, 3.8) is 0 Å². The summed E-state index contributed by atoms with van der Waals surface area (Å²) in [4.78, 5) is 0. The van der Waals surface area contributed by atoms with Crippen LogP contribution < -0.4 is 14.7 Å². The molecule has 2 aromatic rings. The Morgan fingerprint density at radius 1 is 1.12 bits per heavy atom. The molecule has 0 radical (unpaired) electrons. The molecule has 26 heavy (non-hydrogen) atoms. The van der Waals surface area contributed by atoms with Gasteiger partial charge in [-0.15, -0.1) is 65.9 Å². The van der Waals surface area contributed by atoms with Crippen molar-refractivity contribution in [2.24, 2.45) is 11.8 Å². The van der Waals surface area contributed by atoms with Crippen LogP contribution in [0.15, 0.2) is 60.7 Å². The summed E-state index contributed by atoms with van der Waals surface area (Å²) in [6, 6.07) is 13.8. The molecule has 2 aliphatic rings. The van der Waals surface area contributed by atoms with Gasteiger partial charge in [0, 0.05) is 0 Å². The summed E-state index contributed by atoms with van der Waals surface area (Å²) < 4.78 is 0.